The van der Waals surface area contributed by atoms with E-state index in [0.29, 0.717) is 28.9 Å². The smallest absolute Gasteiger partial charge is 0.313 e. The number of ether oxygens (including phenoxy) is 1. The second-order valence-electron chi connectivity index (χ2n) is 5.32. The van der Waals surface area contributed by atoms with Gasteiger partial charge in [-0.05, 0) is 25.5 Å². The molecule has 1 fully saturated rings. The number of para-hydroxylation sites is 1. The maximum atomic E-state index is 10.9. The third-order valence-corrected chi connectivity index (χ3v) is 4.90. The summed E-state index contributed by atoms with van der Waals surface area (Å²) in [5.74, 6) is -0.893. The second kappa shape index (κ2) is 5.51. The van der Waals surface area contributed by atoms with E-state index in [1.54, 1.807) is 6.07 Å². The average molecular weight is 327 g/mol. The van der Waals surface area contributed by atoms with Crippen LogP contribution < -0.4 is 0 Å². The predicted octanol–water partition coefficient (Wildman–Crippen LogP) is 3.00. The number of hydrogen-bond acceptors (Lipinski definition) is 4. The summed E-state index contributed by atoms with van der Waals surface area (Å²) in [5, 5.41) is 10.2. The number of carboxylic acids is 1. The molecule has 0 spiro atoms. The summed E-state index contributed by atoms with van der Waals surface area (Å²) in [6.07, 6.45) is 0.867. The molecule has 0 bridgehead atoms. The van der Waals surface area contributed by atoms with E-state index in [-0.39, 0.29) is 11.3 Å². The predicted molar refractivity (Wildman–Crippen MR) is 82.2 cm³/mol. The molecule has 112 valence electrons. The van der Waals surface area contributed by atoms with E-state index in [9.17, 15) is 4.79 Å². The number of hydrogen-bond donors (Lipinski definition) is 1. The van der Waals surface area contributed by atoms with Crippen LogP contribution in [0.2, 0.25) is 5.02 Å². The van der Waals surface area contributed by atoms with Crippen molar-refractivity contribution in [1.29, 1.82) is 0 Å². The zero-order valence-corrected chi connectivity index (χ0v) is 13.1. The van der Waals surface area contributed by atoms with Crippen molar-refractivity contribution >= 4 is 40.4 Å². The summed E-state index contributed by atoms with van der Waals surface area (Å²) < 4.78 is 7.61. The first-order valence-electron chi connectivity index (χ1n) is 6.61. The largest absolute Gasteiger partial charge is 0.481 e. The van der Waals surface area contributed by atoms with E-state index in [1.807, 2.05) is 12.1 Å². The molecule has 1 atom stereocenters. The molecule has 0 saturated carbocycles. The van der Waals surface area contributed by atoms with Gasteiger partial charge in [0.15, 0.2) is 5.16 Å². The topological polar surface area (TPSA) is 64.4 Å². The first kappa shape index (κ1) is 14.7. The highest BCUT2D eigenvalue weighted by molar-refractivity contribution is 7.99. The van der Waals surface area contributed by atoms with E-state index in [1.165, 1.54) is 11.8 Å². The number of halogens is 1. The van der Waals surface area contributed by atoms with Gasteiger partial charge in [0.2, 0.25) is 0 Å². The Kier molecular flexibility index (Phi) is 3.86. The normalized spacial score (nSPS) is 22.0. The van der Waals surface area contributed by atoms with E-state index < -0.39 is 5.97 Å². The molecule has 21 heavy (non-hydrogen) atoms. The fourth-order valence-electron chi connectivity index (χ4n) is 2.62. The van der Waals surface area contributed by atoms with Crippen LogP contribution in [0.15, 0.2) is 23.4 Å². The van der Waals surface area contributed by atoms with Crippen LogP contribution >= 0.6 is 23.4 Å². The summed E-state index contributed by atoms with van der Waals surface area (Å²) in [4.78, 5) is 15.4. The van der Waals surface area contributed by atoms with Gasteiger partial charge in [-0.15, -0.1) is 0 Å². The Hall–Kier alpha value is -1.24. The lowest BCUT2D eigenvalue weighted by Crippen LogP contribution is -2.31. The number of aromatic nitrogens is 2. The van der Waals surface area contributed by atoms with Gasteiger partial charge in [-0.25, -0.2) is 4.98 Å². The van der Waals surface area contributed by atoms with Crippen LogP contribution in [-0.4, -0.2) is 39.6 Å². The van der Waals surface area contributed by atoms with Crippen molar-refractivity contribution < 1.29 is 14.6 Å². The number of aliphatic carboxylic acids is 1. The Bertz CT molecular complexity index is 695. The molecular formula is C14H15ClN2O3S. The fourth-order valence-corrected chi connectivity index (χ4v) is 3.69. The molecule has 0 amide bonds. The summed E-state index contributed by atoms with van der Waals surface area (Å²) in [7, 11) is 0. The standard InChI is InChI=1S/C14H15ClN2O3S/c1-14(5-6-20-8-14)17-10-4-2-3-9(15)12(10)16-13(17)21-7-11(18)19/h2-4H,5-8H2,1H3,(H,18,19). The van der Waals surface area contributed by atoms with Crippen molar-refractivity contribution in [2.75, 3.05) is 19.0 Å². The lowest BCUT2D eigenvalue weighted by Gasteiger charge is -2.26. The SMILES string of the molecule is CC1(n2c(SCC(=O)O)nc3c(Cl)cccc32)CCOC1. The zero-order valence-electron chi connectivity index (χ0n) is 11.5. The van der Waals surface area contributed by atoms with Gasteiger partial charge in [-0.3, -0.25) is 4.79 Å². The fraction of sp³-hybridized carbons (Fsp3) is 0.429. The lowest BCUT2D eigenvalue weighted by molar-refractivity contribution is -0.133. The van der Waals surface area contributed by atoms with Crippen molar-refractivity contribution in [3.05, 3.63) is 23.2 Å². The van der Waals surface area contributed by atoms with E-state index >= 15 is 0 Å². The molecule has 7 heteroatoms. The number of carboxylic acid groups (broad SMARTS) is 1. The highest BCUT2D eigenvalue weighted by Crippen LogP contribution is 2.37. The number of fused-ring (bicyclic) bond motifs is 1. The minimum atomic E-state index is -0.863. The monoisotopic (exact) mass is 326 g/mol. The molecule has 0 radical (unpaired) electrons. The number of nitrogens with zero attached hydrogens (tertiary/aromatic N) is 2. The van der Waals surface area contributed by atoms with Crippen LogP contribution in [0, 0.1) is 0 Å². The minimum Gasteiger partial charge on any atom is -0.481 e. The van der Waals surface area contributed by atoms with Crippen molar-refractivity contribution in [1.82, 2.24) is 9.55 Å². The summed E-state index contributed by atoms with van der Waals surface area (Å²) in [6, 6.07) is 5.64. The van der Waals surface area contributed by atoms with Gasteiger partial charge in [0.25, 0.3) is 0 Å². The molecule has 3 rings (SSSR count). The maximum Gasteiger partial charge on any atom is 0.313 e. The van der Waals surface area contributed by atoms with Gasteiger partial charge >= 0.3 is 5.97 Å². The molecular weight excluding hydrogens is 312 g/mol. The molecule has 1 aliphatic rings. The van der Waals surface area contributed by atoms with E-state index in [2.05, 4.69) is 16.5 Å². The summed E-state index contributed by atoms with van der Waals surface area (Å²) in [6.45, 7) is 3.39. The number of thioether (sulfide) groups is 1. The Labute approximate surface area is 131 Å². The van der Waals surface area contributed by atoms with E-state index in [4.69, 9.17) is 21.4 Å². The number of rotatable bonds is 4. The molecule has 1 aromatic heterocycles. The van der Waals surface area contributed by atoms with Gasteiger partial charge in [0.1, 0.15) is 5.52 Å². The lowest BCUT2D eigenvalue weighted by atomic mass is 10.0. The highest BCUT2D eigenvalue weighted by atomic mass is 35.5. The second-order valence-corrected chi connectivity index (χ2v) is 6.67. The van der Waals surface area contributed by atoms with Gasteiger partial charge < -0.3 is 14.4 Å². The van der Waals surface area contributed by atoms with Crippen LogP contribution in [0.4, 0.5) is 0 Å². The molecule has 5 nitrogen and oxygen atoms in total. The van der Waals surface area contributed by atoms with Gasteiger partial charge in [0, 0.05) is 6.61 Å². The van der Waals surface area contributed by atoms with Gasteiger partial charge in [-0.2, -0.15) is 0 Å². The zero-order chi connectivity index (χ0) is 15.0. The Morgan fingerprint density at radius 2 is 2.43 bits per heavy atom. The third kappa shape index (κ3) is 2.63. The van der Waals surface area contributed by atoms with Crippen molar-refractivity contribution in [2.24, 2.45) is 0 Å². The Morgan fingerprint density at radius 1 is 1.62 bits per heavy atom. The first-order chi connectivity index (χ1) is 10.0. The molecule has 0 aliphatic carbocycles. The van der Waals surface area contributed by atoms with Gasteiger partial charge in [0.05, 0.1) is 28.4 Å². The Balaban J connectivity index is 2.15. The summed E-state index contributed by atoms with van der Waals surface area (Å²) in [5.41, 5.74) is 1.41. The van der Waals surface area contributed by atoms with Crippen LogP contribution in [0.5, 0.6) is 0 Å². The van der Waals surface area contributed by atoms with Crippen LogP contribution in [0.1, 0.15) is 13.3 Å². The van der Waals surface area contributed by atoms with Crippen LogP contribution in [-0.2, 0) is 15.1 Å². The molecule has 2 aromatic rings. The number of carbonyl (C=O) groups is 1. The van der Waals surface area contributed by atoms with Crippen molar-refractivity contribution in [3.63, 3.8) is 0 Å². The minimum absolute atomic E-state index is 0.0299. The molecule has 1 unspecified atom stereocenters. The maximum absolute atomic E-state index is 10.9. The van der Waals surface area contributed by atoms with Crippen LogP contribution in [0.25, 0.3) is 11.0 Å². The summed E-state index contributed by atoms with van der Waals surface area (Å²) >= 11 is 7.44. The molecule has 1 saturated heterocycles. The first-order valence-corrected chi connectivity index (χ1v) is 7.97. The molecule has 1 aliphatic heterocycles. The third-order valence-electron chi connectivity index (χ3n) is 3.67. The highest BCUT2D eigenvalue weighted by Gasteiger charge is 2.35. The van der Waals surface area contributed by atoms with Crippen molar-refractivity contribution in [3.8, 4) is 0 Å². The Morgan fingerprint density at radius 3 is 3.10 bits per heavy atom. The molecule has 1 N–H and O–H groups in total. The number of imidazole rings is 1. The van der Waals surface area contributed by atoms with Gasteiger partial charge in [-0.1, -0.05) is 29.4 Å². The molecule has 2 heterocycles. The quantitative estimate of drug-likeness (QED) is 0.875. The van der Waals surface area contributed by atoms with E-state index in [0.717, 1.165) is 11.9 Å². The molecule has 1 aromatic carbocycles. The average Bonchev–Trinajstić information content (AvgIpc) is 3.01. The van der Waals surface area contributed by atoms with Crippen molar-refractivity contribution in [2.45, 2.75) is 24.0 Å². The van der Waals surface area contributed by atoms with Crippen LogP contribution in [0.3, 0.4) is 0 Å². The number of benzene rings is 1.